The number of ether oxygens (including phenoxy) is 1. The molecule has 14 heavy (non-hydrogen) atoms. The van der Waals surface area contributed by atoms with E-state index in [1.54, 1.807) is 6.07 Å². The number of hydrogen-bond donors (Lipinski definition) is 1. The monoisotopic (exact) mass is 210 g/mol. The van der Waals surface area contributed by atoms with E-state index in [9.17, 15) is 10.1 Å². The number of nitro benzene ring substituents is 1. The van der Waals surface area contributed by atoms with Crippen LogP contribution in [0.1, 0.15) is 5.56 Å². The minimum atomic E-state index is -0.639. The summed E-state index contributed by atoms with van der Waals surface area (Å²) in [5.74, 6) is 0.372. The summed E-state index contributed by atoms with van der Waals surface area (Å²) in [6.07, 6.45) is 0. The SMILES string of the molecule is COc1cc(S)c([N+](=O)[O-])c(C#N)c1. The van der Waals surface area contributed by atoms with E-state index in [1.165, 1.54) is 19.2 Å². The number of methoxy groups -OCH3 is 1. The molecule has 5 nitrogen and oxygen atoms in total. The Morgan fingerprint density at radius 3 is 2.71 bits per heavy atom. The van der Waals surface area contributed by atoms with Crippen molar-refractivity contribution >= 4 is 18.3 Å². The first-order valence-corrected chi connectivity index (χ1v) is 4.00. The molecule has 72 valence electrons. The summed E-state index contributed by atoms with van der Waals surface area (Å²) >= 11 is 3.91. The minimum Gasteiger partial charge on any atom is -0.497 e. The molecule has 6 heteroatoms. The van der Waals surface area contributed by atoms with Gasteiger partial charge in [0.1, 0.15) is 17.4 Å². The molecule has 1 rings (SSSR count). The molecule has 1 aromatic carbocycles. The standard InChI is InChI=1S/C8H6N2O3S/c1-13-6-2-5(4-9)8(10(11)12)7(14)3-6/h2-3,14H,1H3. The van der Waals surface area contributed by atoms with Crippen LogP contribution in [0.3, 0.4) is 0 Å². The molecule has 0 amide bonds. The van der Waals surface area contributed by atoms with Crippen molar-refractivity contribution in [3.8, 4) is 11.8 Å². The lowest BCUT2D eigenvalue weighted by atomic mass is 10.2. The first-order chi connectivity index (χ1) is 6.60. The Morgan fingerprint density at radius 2 is 2.29 bits per heavy atom. The van der Waals surface area contributed by atoms with Crippen molar-refractivity contribution in [2.75, 3.05) is 7.11 Å². The van der Waals surface area contributed by atoms with Gasteiger partial charge < -0.3 is 4.74 Å². The molecule has 0 N–H and O–H groups in total. The fraction of sp³-hybridized carbons (Fsp3) is 0.125. The van der Waals surface area contributed by atoms with Gasteiger partial charge in [0.25, 0.3) is 0 Å². The Balaban J connectivity index is 3.44. The van der Waals surface area contributed by atoms with Crippen LogP contribution in [0.2, 0.25) is 0 Å². The summed E-state index contributed by atoms with van der Waals surface area (Å²) in [4.78, 5) is 10.0. The van der Waals surface area contributed by atoms with Crippen LogP contribution < -0.4 is 4.74 Å². The summed E-state index contributed by atoms with van der Waals surface area (Å²) < 4.78 is 4.85. The van der Waals surface area contributed by atoms with Gasteiger partial charge in [0.15, 0.2) is 0 Å². The van der Waals surface area contributed by atoms with Crippen LogP contribution >= 0.6 is 12.6 Å². The van der Waals surface area contributed by atoms with E-state index in [1.807, 2.05) is 0 Å². The Hall–Kier alpha value is -1.74. The third-order valence-corrected chi connectivity index (χ3v) is 1.94. The lowest BCUT2D eigenvalue weighted by Crippen LogP contribution is -1.95. The number of nitrogens with zero attached hydrogens (tertiary/aromatic N) is 2. The van der Waals surface area contributed by atoms with E-state index in [4.69, 9.17) is 10.00 Å². The second-order valence-electron chi connectivity index (χ2n) is 2.41. The number of nitro groups is 1. The van der Waals surface area contributed by atoms with Gasteiger partial charge in [0, 0.05) is 12.1 Å². The van der Waals surface area contributed by atoms with E-state index in [0.29, 0.717) is 5.75 Å². The molecule has 0 saturated heterocycles. The number of thiol groups is 1. The molecule has 0 aromatic heterocycles. The highest BCUT2D eigenvalue weighted by Crippen LogP contribution is 2.30. The number of hydrogen-bond acceptors (Lipinski definition) is 5. The normalized spacial score (nSPS) is 9.21. The molecule has 0 aliphatic rings. The van der Waals surface area contributed by atoms with Crippen LogP contribution in [0.4, 0.5) is 5.69 Å². The van der Waals surface area contributed by atoms with Gasteiger partial charge in [0.05, 0.1) is 16.9 Å². The summed E-state index contributed by atoms with van der Waals surface area (Å²) in [6, 6.07) is 4.42. The molecule has 0 saturated carbocycles. The molecule has 0 spiro atoms. The van der Waals surface area contributed by atoms with Gasteiger partial charge in [-0.05, 0) is 0 Å². The molecule has 0 aliphatic heterocycles. The molecule has 0 bridgehead atoms. The maximum Gasteiger partial charge on any atom is 0.300 e. The molecule has 0 atom stereocenters. The predicted molar refractivity (Wildman–Crippen MR) is 51.6 cm³/mol. The Labute approximate surface area is 85.5 Å². The molecule has 0 radical (unpaired) electrons. The molecular weight excluding hydrogens is 204 g/mol. The van der Waals surface area contributed by atoms with Gasteiger partial charge >= 0.3 is 5.69 Å². The van der Waals surface area contributed by atoms with E-state index in [0.717, 1.165) is 0 Å². The molecule has 0 aliphatic carbocycles. The van der Waals surface area contributed by atoms with Crippen LogP contribution in [-0.2, 0) is 0 Å². The van der Waals surface area contributed by atoms with E-state index >= 15 is 0 Å². The average molecular weight is 210 g/mol. The third-order valence-electron chi connectivity index (χ3n) is 1.60. The third kappa shape index (κ3) is 1.78. The number of benzene rings is 1. The van der Waals surface area contributed by atoms with Gasteiger partial charge in [0.2, 0.25) is 0 Å². The maximum atomic E-state index is 10.6. The van der Waals surface area contributed by atoms with Crippen LogP contribution in [0.15, 0.2) is 17.0 Å². The van der Waals surface area contributed by atoms with Crippen molar-refractivity contribution in [1.82, 2.24) is 0 Å². The second-order valence-corrected chi connectivity index (χ2v) is 2.89. The fourth-order valence-corrected chi connectivity index (χ4v) is 1.32. The van der Waals surface area contributed by atoms with Crippen LogP contribution in [0.25, 0.3) is 0 Å². The van der Waals surface area contributed by atoms with Gasteiger partial charge in [-0.2, -0.15) is 5.26 Å². The molecule has 1 aromatic rings. The van der Waals surface area contributed by atoms with Crippen LogP contribution in [0.5, 0.6) is 5.75 Å². The Kier molecular flexibility index (Phi) is 2.94. The van der Waals surface area contributed by atoms with Gasteiger partial charge in [-0.15, -0.1) is 12.6 Å². The van der Waals surface area contributed by atoms with Crippen LogP contribution in [0, 0.1) is 21.4 Å². The molecule has 0 heterocycles. The lowest BCUT2D eigenvalue weighted by molar-refractivity contribution is -0.388. The highest BCUT2D eigenvalue weighted by molar-refractivity contribution is 7.80. The zero-order valence-corrected chi connectivity index (χ0v) is 8.12. The van der Waals surface area contributed by atoms with Crippen molar-refractivity contribution in [1.29, 1.82) is 5.26 Å². The molecule has 0 unspecified atom stereocenters. The van der Waals surface area contributed by atoms with E-state index < -0.39 is 4.92 Å². The van der Waals surface area contributed by atoms with Gasteiger partial charge in [-0.1, -0.05) is 0 Å². The molecular formula is C8H6N2O3S. The topological polar surface area (TPSA) is 76.2 Å². The Bertz CT molecular complexity index is 425. The van der Waals surface area contributed by atoms with Crippen molar-refractivity contribution in [2.24, 2.45) is 0 Å². The van der Waals surface area contributed by atoms with Crippen molar-refractivity contribution in [3.63, 3.8) is 0 Å². The van der Waals surface area contributed by atoms with Gasteiger partial charge in [-0.3, -0.25) is 10.1 Å². The lowest BCUT2D eigenvalue weighted by Gasteiger charge is -2.02. The predicted octanol–water partition coefficient (Wildman–Crippen LogP) is 1.76. The minimum absolute atomic E-state index is 0.0562. The van der Waals surface area contributed by atoms with Crippen molar-refractivity contribution in [2.45, 2.75) is 4.90 Å². The average Bonchev–Trinajstić information content (AvgIpc) is 2.15. The number of rotatable bonds is 2. The van der Waals surface area contributed by atoms with Gasteiger partial charge in [-0.25, -0.2) is 0 Å². The highest BCUT2D eigenvalue weighted by Gasteiger charge is 2.19. The van der Waals surface area contributed by atoms with Crippen molar-refractivity contribution in [3.05, 3.63) is 27.8 Å². The second kappa shape index (κ2) is 3.98. The summed E-state index contributed by atoms with van der Waals surface area (Å²) in [7, 11) is 1.41. The maximum absolute atomic E-state index is 10.6. The highest BCUT2D eigenvalue weighted by atomic mass is 32.1. The summed E-state index contributed by atoms with van der Waals surface area (Å²) in [6.45, 7) is 0. The quantitative estimate of drug-likeness (QED) is 0.458. The smallest absolute Gasteiger partial charge is 0.300 e. The van der Waals surface area contributed by atoms with Crippen LogP contribution in [-0.4, -0.2) is 12.0 Å². The summed E-state index contributed by atoms with van der Waals surface area (Å²) in [5.41, 5.74) is -0.351. The zero-order chi connectivity index (χ0) is 10.7. The van der Waals surface area contributed by atoms with E-state index in [2.05, 4.69) is 12.6 Å². The largest absolute Gasteiger partial charge is 0.497 e. The van der Waals surface area contributed by atoms with E-state index in [-0.39, 0.29) is 16.1 Å². The zero-order valence-electron chi connectivity index (χ0n) is 7.22. The first kappa shape index (κ1) is 10.3. The van der Waals surface area contributed by atoms with Crippen molar-refractivity contribution < 1.29 is 9.66 Å². The first-order valence-electron chi connectivity index (χ1n) is 3.55. The Morgan fingerprint density at radius 1 is 1.64 bits per heavy atom. The number of nitriles is 1. The summed E-state index contributed by atoms with van der Waals surface area (Å²) in [5, 5.41) is 19.2. The fourth-order valence-electron chi connectivity index (χ4n) is 0.988. The molecule has 0 fully saturated rings.